The SMILES string of the molecule is O=Cc1ccc(Sc2ccc(Br)cc2)s1. The van der Waals surface area contributed by atoms with Crippen molar-refractivity contribution < 1.29 is 4.79 Å². The Labute approximate surface area is 105 Å². The molecule has 2 aromatic rings. The van der Waals surface area contributed by atoms with E-state index in [-0.39, 0.29) is 0 Å². The first-order valence-corrected chi connectivity index (χ1v) is 6.69. The zero-order valence-corrected chi connectivity index (χ0v) is 10.9. The number of aldehydes is 1. The summed E-state index contributed by atoms with van der Waals surface area (Å²) in [6.45, 7) is 0. The van der Waals surface area contributed by atoms with E-state index in [4.69, 9.17) is 0 Å². The lowest BCUT2D eigenvalue weighted by Crippen LogP contribution is -1.68. The summed E-state index contributed by atoms with van der Waals surface area (Å²) in [5, 5.41) is 0. The van der Waals surface area contributed by atoms with Gasteiger partial charge in [0.05, 0.1) is 9.09 Å². The molecule has 76 valence electrons. The molecule has 0 aliphatic heterocycles. The lowest BCUT2D eigenvalue weighted by Gasteiger charge is -1.97. The highest BCUT2D eigenvalue weighted by atomic mass is 79.9. The van der Waals surface area contributed by atoms with E-state index in [9.17, 15) is 4.79 Å². The summed E-state index contributed by atoms with van der Waals surface area (Å²) in [6, 6.07) is 11.9. The van der Waals surface area contributed by atoms with Crippen LogP contribution in [-0.2, 0) is 0 Å². The molecular weight excluding hydrogens is 292 g/mol. The molecule has 0 N–H and O–H groups in total. The Bertz CT molecular complexity index is 462. The topological polar surface area (TPSA) is 17.1 Å². The third-order valence-electron chi connectivity index (χ3n) is 1.75. The van der Waals surface area contributed by atoms with Gasteiger partial charge >= 0.3 is 0 Å². The summed E-state index contributed by atoms with van der Waals surface area (Å²) in [7, 11) is 0. The smallest absolute Gasteiger partial charge is 0.160 e. The van der Waals surface area contributed by atoms with Crippen LogP contribution in [0.25, 0.3) is 0 Å². The second-order valence-electron chi connectivity index (χ2n) is 2.83. The lowest BCUT2D eigenvalue weighted by atomic mass is 10.4. The van der Waals surface area contributed by atoms with Crippen LogP contribution in [0.1, 0.15) is 9.67 Å². The van der Waals surface area contributed by atoms with Gasteiger partial charge in [0, 0.05) is 9.37 Å². The number of hydrogen-bond acceptors (Lipinski definition) is 3. The van der Waals surface area contributed by atoms with Gasteiger partial charge in [-0.05, 0) is 36.4 Å². The Morgan fingerprint density at radius 2 is 1.87 bits per heavy atom. The number of halogens is 1. The van der Waals surface area contributed by atoms with Crippen molar-refractivity contribution >= 4 is 45.3 Å². The number of hydrogen-bond donors (Lipinski definition) is 0. The summed E-state index contributed by atoms with van der Waals surface area (Å²) in [6.07, 6.45) is 0.885. The van der Waals surface area contributed by atoms with E-state index in [1.54, 1.807) is 11.8 Å². The maximum absolute atomic E-state index is 10.5. The summed E-state index contributed by atoms with van der Waals surface area (Å²) < 4.78 is 2.21. The largest absolute Gasteiger partial charge is 0.297 e. The van der Waals surface area contributed by atoms with Crippen molar-refractivity contribution in [3.63, 3.8) is 0 Å². The molecule has 0 spiro atoms. The quantitative estimate of drug-likeness (QED) is 0.778. The Morgan fingerprint density at radius 1 is 1.13 bits per heavy atom. The first-order valence-electron chi connectivity index (χ1n) is 4.26. The summed E-state index contributed by atoms with van der Waals surface area (Å²) in [4.78, 5) is 12.5. The number of thiophene rings is 1. The Kier molecular flexibility index (Phi) is 3.61. The molecule has 1 nitrogen and oxygen atoms in total. The fourth-order valence-corrected chi connectivity index (χ4v) is 3.27. The number of rotatable bonds is 3. The minimum Gasteiger partial charge on any atom is -0.297 e. The van der Waals surface area contributed by atoms with E-state index in [2.05, 4.69) is 28.1 Å². The molecule has 0 saturated carbocycles. The van der Waals surface area contributed by atoms with Crippen molar-refractivity contribution in [3.05, 3.63) is 45.7 Å². The van der Waals surface area contributed by atoms with E-state index in [0.29, 0.717) is 0 Å². The van der Waals surface area contributed by atoms with Gasteiger partial charge in [0.2, 0.25) is 0 Å². The molecule has 0 aliphatic rings. The second-order valence-corrected chi connectivity index (χ2v) is 6.24. The minimum atomic E-state index is 0.773. The molecule has 15 heavy (non-hydrogen) atoms. The van der Waals surface area contributed by atoms with Crippen LogP contribution in [0.4, 0.5) is 0 Å². The van der Waals surface area contributed by atoms with Crippen LogP contribution in [0.5, 0.6) is 0 Å². The summed E-state index contributed by atoms with van der Waals surface area (Å²) in [5.41, 5.74) is 0. The molecule has 1 heterocycles. The number of benzene rings is 1. The molecule has 0 bridgehead atoms. The van der Waals surface area contributed by atoms with E-state index in [1.807, 2.05) is 24.3 Å². The predicted molar refractivity (Wildman–Crippen MR) is 68.0 cm³/mol. The zero-order chi connectivity index (χ0) is 10.7. The van der Waals surface area contributed by atoms with Gasteiger partial charge in [-0.15, -0.1) is 11.3 Å². The van der Waals surface area contributed by atoms with Crippen molar-refractivity contribution in [3.8, 4) is 0 Å². The van der Waals surface area contributed by atoms with Crippen LogP contribution in [-0.4, -0.2) is 6.29 Å². The van der Waals surface area contributed by atoms with Crippen molar-refractivity contribution in [2.45, 2.75) is 9.10 Å². The van der Waals surface area contributed by atoms with E-state index >= 15 is 0 Å². The predicted octanol–water partition coefficient (Wildman–Crippen LogP) is 4.47. The van der Waals surface area contributed by atoms with Crippen molar-refractivity contribution in [1.82, 2.24) is 0 Å². The molecule has 0 aliphatic carbocycles. The van der Waals surface area contributed by atoms with Crippen LogP contribution in [0.2, 0.25) is 0 Å². The van der Waals surface area contributed by atoms with Crippen LogP contribution in [0, 0.1) is 0 Å². The minimum absolute atomic E-state index is 0.773. The fourth-order valence-electron chi connectivity index (χ4n) is 1.07. The van der Waals surface area contributed by atoms with E-state index < -0.39 is 0 Å². The first-order chi connectivity index (χ1) is 7.28. The third-order valence-corrected chi connectivity index (χ3v) is 4.43. The summed E-state index contributed by atoms with van der Waals surface area (Å²) in [5.74, 6) is 0. The van der Waals surface area contributed by atoms with Gasteiger partial charge in [-0.1, -0.05) is 27.7 Å². The van der Waals surface area contributed by atoms with Gasteiger partial charge < -0.3 is 0 Å². The molecule has 1 aromatic carbocycles. The zero-order valence-electron chi connectivity index (χ0n) is 7.64. The number of carbonyl (C=O) groups excluding carboxylic acids is 1. The molecule has 0 amide bonds. The molecule has 0 fully saturated rings. The Morgan fingerprint density at radius 3 is 2.47 bits per heavy atom. The van der Waals surface area contributed by atoms with Crippen molar-refractivity contribution in [2.75, 3.05) is 0 Å². The number of carbonyl (C=O) groups is 1. The molecule has 0 saturated heterocycles. The van der Waals surface area contributed by atoms with Crippen LogP contribution >= 0.6 is 39.0 Å². The van der Waals surface area contributed by atoms with Gasteiger partial charge in [-0.2, -0.15) is 0 Å². The maximum atomic E-state index is 10.5. The summed E-state index contributed by atoms with van der Waals surface area (Å²) >= 11 is 6.58. The monoisotopic (exact) mass is 298 g/mol. The lowest BCUT2D eigenvalue weighted by molar-refractivity contribution is 0.112. The second kappa shape index (κ2) is 4.96. The first kappa shape index (κ1) is 10.9. The molecule has 0 unspecified atom stereocenters. The molecule has 2 rings (SSSR count). The van der Waals surface area contributed by atoms with E-state index in [0.717, 1.165) is 19.8 Å². The molecule has 1 aromatic heterocycles. The highest BCUT2D eigenvalue weighted by molar-refractivity contribution is 9.10. The standard InChI is InChI=1S/C11H7BrOS2/c12-8-1-3-9(4-2-8)14-11-6-5-10(7-13)15-11/h1-7H. The molecule has 4 heteroatoms. The fraction of sp³-hybridized carbons (Fsp3) is 0. The van der Waals surface area contributed by atoms with Gasteiger partial charge in [0.15, 0.2) is 6.29 Å². The van der Waals surface area contributed by atoms with Crippen molar-refractivity contribution in [1.29, 1.82) is 0 Å². The highest BCUT2D eigenvalue weighted by Crippen LogP contribution is 2.33. The highest BCUT2D eigenvalue weighted by Gasteiger charge is 2.01. The average Bonchev–Trinajstić information content (AvgIpc) is 2.69. The average molecular weight is 299 g/mol. The van der Waals surface area contributed by atoms with Gasteiger partial charge in [0.1, 0.15) is 0 Å². The van der Waals surface area contributed by atoms with Crippen molar-refractivity contribution in [2.24, 2.45) is 0 Å². The third kappa shape index (κ3) is 2.93. The molecule has 0 radical (unpaired) electrons. The van der Waals surface area contributed by atoms with Gasteiger partial charge in [0.25, 0.3) is 0 Å². The van der Waals surface area contributed by atoms with Crippen LogP contribution in [0.15, 0.2) is 50.0 Å². The molecule has 0 atom stereocenters. The van der Waals surface area contributed by atoms with Crippen LogP contribution < -0.4 is 0 Å². The normalized spacial score (nSPS) is 10.2. The maximum Gasteiger partial charge on any atom is 0.160 e. The van der Waals surface area contributed by atoms with E-state index in [1.165, 1.54) is 16.2 Å². The Balaban J connectivity index is 2.14. The van der Waals surface area contributed by atoms with Crippen LogP contribution in [0.3, 0.4) is 0 Å². The van der Waals surface area contributed by atoms with Gasteiger partial charge in [-0.25, -0.2) is 0 Å². The molecular formula is C11H7BrOS2. The Hall–Kier alpha value is -0.580. The van der Waals surface area contributed by atoms with Gasteiger partial charge in [-0.3, -0.25) is 4.79 Å².